The van der Waals surface area contributed by atoms with Crippen LogP contribution in [-0.4, -0.2) is 41.3 Å². The van der Waals surface area contributed by atoms with Crippen LogP contribution in [0.5, 0.6) is 5.88 Å². The Morgan fingerprint density at radius 3 is 2.89 bits per heavy atom. The molecule has 0 unspecified atom stereocenters. The third kappa shape index (κ3) is 2.99. The molecule has 0 radical (unpaired) electrons. The van der Waals surface area contributed by atoms with Crippen molar-refractivity contribution in [2.24, 2.45) is 7.05 Å². The third-order valence-corrected chi connectivity index (χ3v) is 2.58. The summed E-state index contributed by atoms with van der Waals surface area (Å²) < 4.78 is 6.46. The van der Waals surface area contributed by atoms with Crippen LogP contribution in [0.15, 0.2) is 6.20 Å². The number of carbonyl (C=O) groups excluding carboxylic acids is 2. The molecule has 1 aliphatic rings. The van der Waals surface area contributed by atoms with E-state index < -0.39 is 0 Å². The van der Waals surface area contributed by atoms with Gasteiger partial charge in [0.1, 0.15) is 5.56 Å². The normalized spacial score (nSPS) is 14.1. The van der Waals surface area contributed by atoms with E-state index in [0.29, 0.717) is 11.6 Å². The highest BCUT2D eigenvalue weighted by atomic mass is 16.5. The largest absolute Gasteiger partial charge is 0.479 e. The number of rotatable bonds is 5. The number of nitrogens with one attached hydrogen (secondary N) is 2. The summed E-state index contributed by atoms with van der Waals surface area (Å²) in [6.45, 7) is -0.0343. The van der Waals surface area contributed by atoms with Crippen molar-refractivity contribution in [1.29, 1.82) is 0 Å². The lowest BCUT2D eigenvalue weighted by Crippen LogP contribution is -2.37. The maximum absolute atomic E-state index is 11.8. The van der Waals surface area contributed by atoms with Gasteiger partial charge in [-0.3, -0.25) is 14.3 Å². The molecule has 7 nitrogen and oxygen atoms in total. The standard InChI is InChI=1S/C11H16N4O3/c1-15-6-8(11(14-15)18-2)10(17)12-5-9(16)13-7-3-4-7/h6-7H,3-5H2,1-2H3,(H,12,17)(H,13,16). The van der Waals surface area contributed by atoms with Crippen LogP contribution in [0.25, 0.3) is 0 Å². The molecule has 7 heteroatoms. The summed E-state index contributed by atoms with van der Waals surface area (Å²) in [6.07, 6.45) is 3.60. The van der Waals surface area contributed by atoms with Gasteiger partial charge in [0.2, 0.25) is 11.8 Å². The molecule has 0 spiro atoms. The number of carbonyl (C=O) groups is 2. The SMILES string of the molecule is COc1nn(C)cc1C(=O)NCC(=O)NC1CC1. The number of aromatic nitrogens is 2. The van der Waals surface area contributed by atoms with Gasteiger partial charge in [-0.25, -0.2) is 0 Å². The van der Waals surface area contributed by atoms with Gasteiger partial charge in [0.15, 0.2) is 0 Å². The summed E-state index contributed by atoms with van der Waals surface area (Å²) >= 11 is 0. The van der Waals surface area contributed by atoms with Crippen molar-refractivity contribution in [2.45, 2.75) is 18.9 Å². The van der Waals surface area contributed by atoms with E-state index >= 15 is 0 Å². The van der Waals surface area contributed by atoms with Crippen molar-refractivity contribution in [2.75, 3.05) is 13.7 Å². The quantitative estimate of drug-likeness (QED) is 0.735. The number of nitrogens with zero attached hydrogens (tertiary/aromatic N) is 2. The van der Waals surface area contributed by atoms with Crippen LogP contribution in [0.2, 0.25) is 0 Å². The van der Waals surface area contributed by atoms with Crippen LogP contribution < -0.4 is 15.4 Å². The smallest absolute Gasteiger partial charge is 0.258 e. The Labute approximate surface area is 104 Å². The zero-order chi connectivity index (χ0) is 13.1. The van der Waals surface area contributed by atoms with Crippen LogP contribution in [-0.2, 0) is 11.8 Å². The summed E-state index contributed by atoms with van der Waals surface area (Å²) in [5, 5.41) is 9.29. The Hall–Kier alpha value is -2.05. The molecule has 1 aliphatic carbocycles. The Morgan fingerprint density at radius 2 is 2.28 bits per heavy atom. The molecule has 1 aromatic heterocycles. The summed E-state index contributed by atoms with van der Waals surface area (Å²) in [4.78, 5) is 23.2. The molecule has 2 N–H and O–H groups in total. The van der Waals surface area contributed by atoms with Crippen LogP contribution in [0.1, 0.15) is 23.2 Å². The average molecular weight is 252 g/mol. The first kappa shape index (κ1) is 12.4. The Balaban J connectivity index is 1.88. The van der Waals surface area contributed by atoms with E-state index in [1.54, 1.807) is 13.2 Å². The average Bonchev–Trinajstić information content (AvgIpc) is 3.06. The van der Waals surface area contributed by atoms with Crippen molar-refractivity contribution in [1.82, 2.24) is 20.4 Å². The van der Waals surface area contributed by atoms with Crippen molar-refractivity contribution >= 4 is 11.8 Å². The second-order valence-corrected chi connectivity index (χ2v) is 4.25. The van der Waals surface area contributed by atoms with Crippen molar-refractivity contribution in [3.63, 3.8) is 0 Å². The molecule has 1 aromatic rings. The van der Waals surface area contributed by atoms with Gasteiger partial charge in [-0.05, 0) is 12.8 Å². The zero-order valence-corrected chi connectivity index (χ0v) is 10.4. The van der Waals surface area contributed by atoms with E-state index in [-0.39, 0.29) is 24.2 Å². The lowest BCUT2D eigenvalue weighted by molar-refractivity contribution is -0.120. The fraction of sp³-hybridized carbons (Fsp3) is 0.545. The highest BCUT2D eigenvalue weighted by Crippen LogP contribution is 2.18. The van der Waals surface area contributed by atoms with Crippen LogP contribution >= 0.6 is 0 Å². The van der Waals surface area contributed by atoms with Crippen LogP contribution in [0.3, 0.4) is 0 Å². The summed E-state index contributed by atoms with van der Waals surface area (Å²) in [6, 6.07) is 0.294. The minimum absolute atomic E-state index is 0.0343. The predicted molar refractivity (Wildman–Crippen MR) is 63.3 cm³/mol. The second kappa shape index (κ2) is 5.07. The number of amides is 2. The first-order valence-electron chi connectivity index (χ1n) is 5.75. The third-order valence-electron chi connectivity index (χ3n) is 2.58. The zero-order valence-electron chi connectivity index (χ0n) is 10.4. The second-order valence-electron chi connectivity index (χ2n) is 4.25. The summed E-state index contributed by atoms with van der Waals surface area (Å²) in [5.74, 6) is -0.294. The fourth-order valence-electron chi connectivity index (χ4n) is 1.54. The van der Waals surface area contributed by atoms with Gasteiger partial charge < -0.3 is 15.4 Å². The molecule has 1 fully saturated rings. The van der Waals surface area contributed by atoms with Crippen molar-refractivity contribution in [3.05, 3.63) is 11.8 Å². The number of methoxy groups -OCH3 is 1. The maximum atomic E-state index is 11.8. The van der Waals surface area contributed by atoms with Gasteiger partial charge in [0.25, 0.3) is 5.91 Å². The molecule has 18 heavy (non-hydrogen) atoms. The van der Waals surface area contributed by atoms with E-state index in [2.05, 4.69) is 15.7 Å². The van der Waals surface area contributed by atoms with Gasteiger partial charge >= 0.3 is 0 Å². The Bertz CT molecular complexity index is 465. The number of hydrogen-bond donors (Lipinski definition) is 2. The topological polar surface area (TPSA) is 85.2 Å². The molecule has 0 bridgehead atoms. The maximum Gasteiger partial charge on any atom is 0.258 e. The minimum Gasteiger partial charge on any atom is -0.479 e. The number of ether oxygens (including phenoxy) is 1. The minimum atomic E-state index is -0.370. The van der Waals surface area contributed by atoms with Crippen LogP contribution in [0, 0.1) is 0 Å². The van der Waals surface area contributed by atoms with Crippen molar-refractivity contribution in [3.8, 4) is 5.88 Å². The van der Waals surface area contributed by atoms with E-state index in [4.69, 9.17) is 4.74 Å². The van der Waals surface area contributed by atoms with Gasteiger partial charge in [-0.15, -0.1) is 5.10 Å². The van der Waals surface area contributed by atoms with E-state index in [1.807, 2.05) is 0 Å². The first-order chi connectivity index (χ1) is 8.60. The predicted octanol–water partition coefficient (Wildman–Crippen LogP) is -0.563. The molecular weight excluding hydrogens is 236 g/mol. The molecule has 1 heterocycles. The molecule has 0 atom stereocenters. The lowest BCUT2D eigenvalue weighted by atomic mass is 10.3. The van der Waals surface area contributed by atoms with Gasteiger partial charge in [-0.2, -0.15) is 0 Å². The fourth-order valence-corrected chi connectivity index (χ4v) is 1.54. The summed E-state index contributed by atoms with van der Waals surface area (Å²) in [7, 11) is 3.14. The lowest BCUT2D eigenvalue weighted by Gasteiger charge is -2.05. The monoisotopic (exact) mass is 252 g/mol. The van der Waals surface area contributed by atoms with Gasteiger partial charge in [-0.1, -0.05) is 0 Å². The molecule has 1 saturated carbocycles. The Morgan fingerprint density at radius 1 is 1.56 bits per heavy atom. The van der Waals surface area contributed by atoms with Gasteiger partial charge in [0, 0.05) is 19.3 Å². The molecule has 0 saturated heterocycles. The highest BCUT2D eigenvalue weighted by Gasteiger charge is 2.23. The molecule has 0 aromatic carbocycles. The molecule has 0 aliphatic heterocycles. The van der Waals surface area contributed by atoms with E-state index in [9.17, 15) is 9.59 Å². The molecule has 98 valence electrons. The van der Waals surface area contributed by atoms with Crippen LogP contribution in [0.4, 0.5) is 0 Å². The summed E-state index contributed by atoms with van der Waals surface area (Å²) in [5.41, 5.74) is 0.319. The van der Waals surface area contributed by atoms with Crippen molar-refractivity contribution < 1.29 is 14.3 Å². The molecular formula is C11H16N4O3. The number of aryl methyl sites for hydroxylation is 1. The molecule has 2 rings (SSSR count). The number of hydrogen-bond acceptors (Lipinski definition) is 4. The van der Waals surface area contributed by atoms with E-state index in [1.165, 1.54) is 11.8 Å². The first-order valence-corrected chi connectivity index (χ1v) is 5.75. The van der Waals surface area contributed by atoms with Gasteiger partial charge in [0.05, 0.1) is 13.7 Å². The Kier molecular flexibility index (Phi) is 3.50. The highest BCUT2D eigenvalue weighted by molar-refractivity contribution is 5.98. The molecule has 2 amide bonds. The van der Waals surface area contributed by atoms with E-state index in [0.717, 1.165) is 12.8 Å².